The maximum Gasteiger partial charge on any atom is 0.397 e. The van der Waals surface area contributed by atoms with Crippen molar-refractivity contribution in [2.45, 2.75) is 21.6 Å². The summed E-state index contributed by atoms with van der Waals surface area (Å²) < 4.78 is 152. The van der Waals surface area contributed by atoms with E-state index in [1.807, 2.05) is 0 Å². The summed E-state index contributed by atoms with van der Waals surface area (Å²) in [4.78, 5) is 9.96. The number of carbonyl (C=O) groups is 1. The average molecular weight is 937 g/mol. The summed E-state index contributed by atoms with van der Waals surface area (Å²) in [6.07, 6.45) is 0. The highest BCUT2D eigenvalue weighted by Crippen LogP contribution is 2.47. The third kappa shape index (κ3) is 12.9. The van der Waals surface area contributed by atoms with Crippen molar-refractivity contribution in [1.29, 1.82) is 0 Å². The third-order valence-electron chi connectivity index (χ3n) is 7.37. The topological polar surface area (TPSA) is 402 Å². The number of benzene rings is 4. The molecule has 0 unspecified atom stereocenters. The zero-order valence-electron chi connectivity index (χ0n) is 29.9. The fourth-order valence-electron chi connectivity index (χ4n) is 4.57. The number of sulfone groups is 2. The summed E-state index contributed by atoms with van der Waals surface area (Å²) in [5.41, 5.74) is -2.18. The second-order valence-corrected chi connectivity index (χ2v) is 19.4. The summed E-state index contributed by atoms with van der Waals surface area (Å²) in [6.45, 7) is -0.382. The second kappa shape index (κ2) is 18.3. The van der Waals surface area contributed by atoms with Crippen molar-refractivity contribution >= 4 is 90.7 Å². The van der Waals surface area contributed by atoms with Gasteiger partial charge in [-0.05, 0) is 79.2 Å². The van der Waals surface area contributed by atoms with Crippen LogP contribution in [0.4, 0.5) is 34.1 Å². The highest BCUT2D eigenvalue weighted by Gasteiger charge is 2.24. The Morgan fingerprint density at radius 2 is 1.07 bits per heavy atom. The Hall–Kier alpha value is -5.70. The summed E-state index contributed by atoms with van der Waals surface area (Å²) in [5, 5.41) is 54.0. The number of phenolic OH excluding ortho intramolecular Hbond substituents is 2. The number of aromatic carboxylic acids is 1. The Bertz CT molecular complexity index is 2990. The third-order valence-corrected chi connectivity index (χ3v) is 12.6. The van der Waals surface area contributed by atoms with Crippen molar-refractivity contribution in [3.8, 4) is 11.5 Å². The molecule has 0 bridgehead atoms. The van der Waals surface area contributed by atoms with Crippen molar-refractivity contribution in [3.05, 3.63) is 77.9 Å². The summed E-state index contributed by atoms with van der Waals surface area (Å²) in [6, 6.07) is 11.4. The van der Waals surface area contributed by atoms with Gasteiger partial charge in [0.15, 0.2) is 31.1 Å². The van der Waals surface area contributed by atoms with Crippen LogP contribution >= 0.6 is 0 Å². The molecule has 0 saturated heterocycles. The van der Waals surface area contributed by atoms with Crippen molar-refractivity contribution in [1.82, 2.24) is 0 Å². The van der Waals surface area contributed by atoms with Gasteiger partial charge in [-0.15, -0.1) is 15.3 Å². The Morgan fingerprint density at radius 1 is 0.583 bits per heavy atom. The van der Waals surface area contributed by atoms with Gasteiger partial charge >= 0.3 is 26.8 Å². The van der Waals surface area contributed by atoms with Crippen LogP contribution in [0.2, 0.25) is 0 Å². The molecule has 6 N–H and O–H groups in total. The molecular formula is C30H28N6O19S5. The van der Waals surface area contributed by atoms with Crippen LogP contribution in [0, 0.1) is 6.92 Å². The molecule has 25 nitrogen and oxygen atoms in total. The number of carboxylic acid groups (broad SMARTS) is 1. The van der Waals surface area contributed by atoms with Crippen molar-refractivity contribution in [3.63, 3.8) is 0 Å². The summed E-state index contributed by atoms with van der Waals surface area (Å²) in [5.74, 6) is -5.30. The molecule has 0 heterocycles. The van der Waals surface area contributed by atoms with Gasteiger partial charge in [0.25, 0.3) is 10.1 Å². The number of hydrogen-bond donors (Lipinski definition) is 6. The molecular weight excluding hydrogens is 909 g/mol. The van der Waals surface area contributed by atoms with E-state index >= 15 is 0 Å². The average Bonchev–Trinajstić information content (AvgIpc) is 3.12. The first kappa shape index (κ1) is 47.0. The van der Waals surface area contributed by atoms with Crippen LogP contribution < -0.4 is 0 Å². The van der Waals surface area contributed by atoms with Crippen LogP contribution in [-0.2, 0) is 59.0 Å². The van der Waals surface area contributed by atoms with E-state index in [0.717, 1.165) is 36.4 Å². The number of phenols is 2. The number of carboxylic acids is 1. The second-order valence-electron chi connectivity index (χ2n) is 11.6. The van der Waals surface area contributed by atoms with Crippen molar-refractivity contribution < 1.29 is 84.2 Å². The molecule has 0 amide bonds. The molecule has 0 atom stereocenters. The van der Waals surface area contributed by atoms with Gasteiger partial charge in [0.2, 0.25) is 0 Å². The lowest BCUT2D eigenvalue weighted by atomic mass is 10.1. The molecule has 4 aromatic rings. The predicted molar refractivity (Wildman–Crippen MR) is 202 cm³/mol. The lowest BCUT2D eigenvalue weighted by molar-refractivity contribution is 0.0696. The van der Waals surface area contributed by atoms with Crippen molar-refractivity contribution in [2.24, 2.45) is 30.7 Å². The largest absolute Gasteiger partial charge is 0.505 e. The van der Waals surface area contributed by atoms with Gasteiger partial charge in [-0.25, -0.2) is 30.0 Å². The molecule has 4 aromatic carbocycles. The molecule has 0 aliphatic rings. The van der Waals surface area contributed by atoms with E-state index in [1.165, 1.54) is 25.1 Å². The van der Waals surface area contributed by atoms with E-state index in [0.29, 0.717) is 17.7 Å². The van der Waals surface area contributed by atoms with Gasteiger partial charge in [-0.1, -0.05) is 0 Å². The lowest BCUT2D eigenvalue weighted by Crippen LogP contribution is -2.16. The maximum atomic E-state index is 12.6. The molecule has 0 aromatic heterocycles. The molecule has 4 rings (SSSR count). The van der Waals surface area contributed by atoms with Gasteiger partial charge < -0.3 is 15.3 Å². The number of nitrogens with zero attached hydrogens (tertiary/aromatic N) is 6. The van der Waals surface area contributed by atoms with E-state index < -0.39 is 125 Å². The SMILES string of the molecule is Cc1cc(N=Nc2c(O)cc(C(=O)O)c(N=Nc3ccc(S(=O)(=O)CCOS(=O)(=O)O)cc3)c2O)ccc1N=Nc1ccc(S(=O)(=O)CCOS(=O)(=O)O)cc1S(=O)(=O)O. The van der Waals surface area contributed by atoms with E-state index in [1.54, 1.807) is 0 Å². The zero-order chi connectivity index (χ0) is 44.8. The standard InChI is InChI=1S/C30H28N6O19S5/c1-17-14-19(4-8-23(17)33-34-24-9-7-21(15-26(24)58(45,46)47)57(43,44)13-11-55-60(51,52)53)32-36-28-25(37)16-22(30(39)40)27(29(28)38)35-31-18-2-5-20(6-3-18)56(41,42)12-10-54-59(48,49)50/h2-9,14-16,37-38H,10-13H2,1H3,(H,39,40)(H,45,46,47)(H,48,49,50)(H,51,52,53). The Balaban J connectivity index is 1.57. The quantitative estimate of drug-likeness (QED) is 0.0577. The minimum Gasteiger partial charge on any atom is -0.505 e. The van der Waals surface area contributed by atoms with Gasteiger partial charge in [0, 0.05) is 0 Å². The lowest BCUT2D eigenvalue weighted by Gasteiger charge is -2.08. The number of hydrogen-bond acceptors (Lipinski definition) is 21. The monoisotopic (exact) mass is 936 g/mol. The molecule has 0 saturated carbocycles. The van der Waals surface area contributed by atoms with E-state index in [-0.39, 0.29) is 22.0 Å². The fourth-order valence-corrected chi connectivity index (χ4v) is 8.29. The Kier molecular flexibility index (Phi) is 14.3. The van der Waals surface area contributed by atoms with Gasteiger partial charge in [0.1, 0.15) is 22.0 Å². The first-order valence-corrected chi connectivity index (χ1v) is 23.2. The molecule has 0 fully saturated rings. The molecule has 0 spiro atoms. The van der Waals surface area contributed by atoms with Gasteiger partial charge in [-0.2, -0.15) is 40.6 Å². The molecule has 0 aliphatic carbocycles. The van der Waals surface area contributed by atoms with Crippen LogP contribution in [0.1, 0.15) is 15.9 Å². The number of rotatable bonds is 18. The summed E-state index contributed by atoms with van der Waals surface area (Å²) >= 11 is 0. The predicted octanol–water partition coefficient (Wildman–Crippen LogP) is 4.78. The molecule has 60 heavy (non-hydrogen) atoms. The van der Waals surface area contributed by atoms with Crippen LogP contribution in [0.5, 0.6) is 11.5 Å². The minimum atomic E-state index is -5.11. The van der Waals surface area contributed by atoms with Gasteiger partial charge in [0.05, 0.1) is 57.1 Å². The normalized spacial score (nSPS) is 13.1. The highest BCUT2D eigenvalue weighted by molar-refractivity contribution is 7.92. The molecule has 0 aliphatic heterocycles. The smallest absolute Gasteiger partial charge is 0.397 e. The zero-order valence-corrected chi connectivity index (χ0v) is 34.0. The highest BCUT2D eigenvalue weighted by atomic mass is 32.3. The van der Waals surface area contributed by atoms with Crippen LogP contribution in [0.15, 0.2) is 112 Å². The first-order valence-electron chi connectivity index (χ1n) is 15.8. The maximum absolute atomic E-state index is 12.6. The van der Waals surface area contributed by atoms with E-state index in [2.05, 4.69) is 39.1 Å². The van der Waals surface area contributed by atoms with Crippen molar-refractivity contribution in [2.75, 3.05) is 24.7 Å². The number of aryl methyl sites for hydroxylation is 1. The van der Waals surface area contributed by atoms with Gasteiger partial charge in [-0.3, -0.25) is 13.7 Å². The molecule has 0 radical (unpaired) electrons. The fraction of sp³-hybridized carbons (Fsp3) is 0.167. The number of aromatic hydroxyl groups is 2. The molecule has 30 heteroatoms. The minimum absolute atomic E-state index is 0.0518. The number of azo groups is 3. The first-order chi connectivity index (χ1) is 27.7. The van der Waals surface area contributed by atoms with E-state index in [4.69, 9.17) is 9.11 Å². The van der Waals surface area contributed by atoms with Crippen LogP contribution in [0.25, 0.3) is 0 Å². The van der Waals surface area contributed by atoms with E-state index in [9.17, 15) is 66.8 Å². The van der Waals surface area contributed by atoms with Crippen LogP contribution in [0.3, 0.4) is 0 Å². The van der Waals surface area contributed by atoms with Crippen LogP contribution in [-0.4, -0.2) is 102 Å². The Morgan fingerprint density at radius 3 is 1.60 bits per heavy atom. The summed E-state index contributed by atoms with van der Waals surface area (Å²) in [7, 11) is -23.4. The molecule has 322 valence electrons. The Labute approximate surface area is 339 Å².